The fourth-order valence-corrected chi connectivity index (χ4v) is 1.89. The van der Waals surface area contributed by atoms with Gasteiger partial charge in [-0.1, -0.05) is 12.1 Å². The molecule has 0 bridgehead atoms. The molecule has 0 aliphatic carbocycles. The van der Waals surface area contributed by atoms with E-state index in [4.69, 9.17) is 10.00 Å². The summed E-state index contributed by atoms with van der Waals surface area (Å²) in [6.07, 6.45) is 1.60. The molecule has 1 heterocycles. The van der Waals surface area contributed by atoms with Gasteiger partial charge in [-0.15, -0.1) is 0 Å². The summed E-state index contributed by atoms with van der Waals surface area (Å²) in [5.41, 5.74) is 1.21. The lowest BCUT2D eigenvalue weighted by Crippen LogP contribution is -1.99. The van der Waals surface area contributed by atoms with E-state index in [1.165, 1.54) is 0 Å². The predicted molar refractivity (Wildman–Crippen MR) is 72.4 cm³/mol. The number of rotatable bonds is 3. The minimum absolute atomic E-state index is 0.358. The van der Waals surface area contributed by atoms with Crippen LogP contribution in [-0.4, -0.2) is 4.98 Å². The van der Waals surface area contributed by atoms with Gasteiger partial charge >= 0.3 is 0 Å². The first-order chi connectivity index (χ1) is 8.29. The second kappa shape index (κ2) is 5.64. The molecular weight excluding hydrogens is 327 g/mol. The summed E-state index contributed by atoms with van der Waals surface area (Å²) in [4.78, 5) is 3.98. The molecule has 0 unspecified atom stereocenters. The monoisotopic (exact) mass is 336 g/mol. The molecule has 0 saturated carbocycles. The third-order valence-corrected chi connectivity index (χ3v) is 2.86. The first-order valence-electron chi connectivity index (χ1n) is 5.02. The van der Waals surface area contributed by atoms with E-state index in [9.17, 15) is 0 Å². The van der Waals surface area contributed by atoms with E-state index < -0.39 is 0 Å². The topological polar surface area (TPSA) is 45.9 Å². The molecule has 0 aliphatic heterocycles. The highest BCUT2D eigenvalue weighted by molar-refractivity contribution is 14.1. The SMILES string of the molecule is N#Cc1ncccc1COc1cccc(I)c1. The summed E-state index contributed by atoms with van der Waals surface area (Å²) in [6.45, 7) is 0.358. The minimum atomic E-state index is 0.358. The molecule has 0 N–H and O–H groups in total. The Morgan fingerprint density at radius 2 is 2.18 bits per heavy atom. The Morgan fingerprint density at radius 1 is 1.29 bits per heavy atom. The molecule has 17 heavy (non-hydrogen) atoms. The molecule has 0 radical (unpaired) electrons. The van der Waals surface area contributed by atoms with Crippen LogP contribution >= 0.6 is 22.6 Å². The maximum Gasteiger partial charge on any atom is 0.147 e. The van der Waals surface area contributed by atoms with Gasteiger partial charge in [0.15, 0.2) is 0 Å². The van der Waals surface area contributed by atoms with E-state index in [2.05, 4.69) is 33.6 Å². The Hall–Kier alpha value is -1.61. The molecule has 0 amide bonds. The Labute approximate surface area is 113 Å². The molecule has 2 aromatic rings. The number of benzene rings is 1. The van der Waals surface area contributed by atoms with Gasteiger partial charge in [-0.25, -0.2) is 4.98 Å². The Balaban J connectivity index is 2.10. The van der Waals surface area contributed by atoms with Gasteiger partial charge in [0.05, 0.1) is 0 Å². The number of aromatic nitrogens is 1. The summed E-state index contributed by atoms with van der Waals surface area (Å²) >= 11 is 2.23. The number of pyridine rings is 1. The standard InChI is InChI=1S/C13H9IN2O/c14-11-4-1-5-12(7-11)17-9-10-3-2-6-16-13(10)8-15/h1-7H,9H2. The van der Waals surface area contributed by atoms with Crippen molar-refractivity contribution in [1.82, 2.24) is 4.98 Å². The summed E-state index contributed by atoms with van der Waals surface area (Å²) in [5, 5.41) is 8.89. The van der Waals surface area contributed by atoms with Gasteiger partial charge in [0.25, 0.3) is 0 Å². The zero-order chi connectivity index (χ0) is 12.1. The molecular formula is C13H9IN2O. The summed E-state index contributed by atoms with van der Waals surface area (Å²) in [6, 6.07) is 13.5. The van der Waals surface area contributed by atoms with Crippen LogP contribution in [0.4, 0.5) is 0 Å². The van der Waals surface area contributed by atoms with E-state index in [1.807, 2.05) is 30.3 Å². The summed E-state index contributed by atoms with van der Waals surface area (Å²) in [5.74, 6) is 0.796. The molecule has 0 spiro atoms. The van der Waals surface area contributed by atoms with Crippen LogP contribution in [-0.2, 0) is 6.61 Å². The number of ether oxygens (including phenoxy) is 1. The van der Waals surface area contributed by atoms with Gasteiger partial charge in [-0.3, -0.25) is 0 Å². The summed E-state index contributed by atoms with van der Waals surface area (Å²) in [7, 11) is 0. The lowest BCUT2D eigenvalue weighted by molar-refractivity contribution is 0.305. The quantitative estimate of drug-likeness (QED) is 0.809. The van der Waals surface area contributed by atoms with Crippen LogP contribution < -0.4 is 4.74 Å². The van der Waals surface area contributed by atoms with E-state index >= 15 is 0 Å². The molecule has 0 fully saturated rings. The van der Waals surface area contributed by atoms with Crippen molar-refractivity contribution >= 4 is 22.6 Å². The third kappa shape index (κ3) is 3.17. The average molecular weight is 336 g/mol. The van der Waals surface area contributed by atoms with Crippen LogP contribution in [0, 0.1) is 14.9 Å². The number of hydrogen-bond donors (Lipinski definition) is 0. The van der Waals surface area contributed by atoms with Crippen molar-refractivity contribution in [2.24, 2.45) is 0 Å². The van der Waals surface area contributed by atoms with Gasteiger partial charge in [-0.2, -0.15) is 5.26 Å². The van der Waals surface area contributed by atoms with Crippen molar-refractivity contribution < 1.29 is 4.74 Å². The molecule has 2 rings (SSSR count). The number of halogens is 1. The predicted octanol–water partition coefficient (Wildman–Crippen LogP) is 3.14. The molecule has 3 nitrogen and oxygen atoms in total. The van der Waals surface area contributed by atoms with Crippen LogP contribution in [0.1, 0.15) is 11.3 Å². The van der Waals surface area contributed by atoms with Gasteiger partial charge in [0.1, 0.15) is 24.1 Å². The highest BCUT2D eigenvalue weighted by atomic mass is 127. The van der Waals surface area contributed by atoms with Crippen molar-refractivity contribution in [3.05, 3.63) is 57.4 Å². The van der Waals surface area contributed by atoms with Crippen LogP contribution in [0.15, 0.2) is 42.6 Å². The van der Waals surface area contributed by atoms with Crippen molar-refractivity contribution in [2.75, 3.05) is 0 Å². The van der Waals surface area contributed by atoms with E-state index in [-0.39, 0.29) is 0 Å². The first kappa shape index (κ1) is 11.9. The molecule has 0 aliphatic rings. The molecule has 0 atom stereocenters. The maximum atomic E-state index is 8.89. The zero-order valence-electron chi connectivity index (χ0n) is 8.93. The first-order valence-corrected chi connectivity index (χ1v) is 6.10. The van der Waals surface area contributed by atoms with Crippen LogP contribution in [0.25, 0.3) is 0 Å². The van der Waals surface area contributed by atoms with Crippen molar-refractivity contribution in [3.63, 3.8) is 0 Å². The zero-order valence-corrected chi connectivity index (χ0v) is 11.1. The largest absolute Gasteiger partial charge is 0.489 e. The Kier molecular flexibility index (Phi) is 3.94. The van der Waals surface area contributed by atoms with E-state index in [0.29, 0.717) is 12.3 Å². The van der Waals surface area contributed by atoms with Crippen molar-refractivity contribution in [3.8, 4) is 11.8 Å². The van der Waals surface area contributed by atoms with E-state index in [1.54, 1.807) is 12.3 Å². The normalized spacial score (nSPS) is 9.65. The molecule has 1 aromatic heterocycles. The van der Waals surface area contributed by atoms with Crippen LogP contribution in [0.5, 0.6) is 5.75 Å². The number of nitrogens with zero attached hydrogens (tertiary/aromatic N) is 2. The Bertz CT molecular complexity index is 563. The smallest absolute Gasteiger partial charge is 0.147 e. The van der Waals surface area contributed by atoms with Gasteiger partial charge in [-0.05, 0) is 46.9 Å². The average Bonchev–Trinajstić information content (AvgIpc) is 2.37. The van der Waals surface area contributed by atoms with Crippen LogP contribution in [0.3, 0.4) is 0 Å². The number of nitriles is 1. The minimum Gasteiger partial charge on any atom is -0.489 e. The Morgan fingerprint density at radius 3 is 2.94 bits per heavy atom. The highest BCUT2D eigenvalue weighted by Crippen LogP contribution is 2.16. The number of hydrogen-bond acceptors (Lipinski definition) is 3. The lowest BCUT2D eigenvalue weighted by atomic mass is 10.2. The molecule has 0 saturated heterocycles. The van der Waals surface area contributed by atoms with Crippen molar-refractivity contribution in [1.29, 1.82) is 5.26 Å². The third-order valence-electron chi connectivity index (χ3n) is 2.19. The lowest BCUT2D eigenvalue weighted by Gasteiger charge is -2.07. The van der Waals surface area contributed by atoms with Gasteiger partial charge < -0.3 is 4.74 Å². The van der Waals surface area contributed by atoms with Crippen LogP contribution in [0.2, 0.25) is 0 Å². The van der Waals surface area contributed by atoms with Gasteiger partial charge in [0.2, 0.25) is 0 Å². The molecule has 4 heteroatoms. The molecule has 84 valence electrons. The summed E-state index contributed by atoms with van der Waals surface area (Å²) < 4.78 is 6.74. The maximum absolute atomic E-state index is 8.89. The van der Waals surface area contributed by atoms with Crippen molar-refractivity contribution in [2.45, 2.75) is 6.61 Å². The van der Waals surface area contributed by atoms with Gasteiger partial charge in [0, 0.05) is 15.3 Å². The second-order valence-electron chi connectivity index (χ2n) is 3.37. The fraction of sp³-hybridized carbons (Fsp3) is 0.0769. The second-order valence-corrected chi connectivity index (χ2v) is 4.61. The highest BCUT2D eigenvalue weighted by Gasteiger charge is 2.03. The molecule has 1 aromatic carbocycles. The van der Waals surface area contributed by atoms with E-state index in [0.717, 1.165) is 14.9 Å². The fourth-order valence-electron chi connectivity index (χ4n) is 1.37.